The molecule has 1 fully saturated rings. The lowest BCUT2D eigenvalue weighted by molar-refractivity contribution is -0.128. The molecule has 3 nitrogen and oxygen atoms in total. The van der Waals surface area contributed by atoms with Crippen molar-refractivity contribution in [2.24, 2.45) is 0 Å². The van der Waals surface area contributed by atoms with Gasteiger partial charge in [-0.15, -0.1) is 0 Å². The zero-order chi connectivity index (χ0) is 10.4. The van der Waals surface area contributed by atoms with Gasteiger partial charge in [-0.2, -0.15) is 0 Å². The van der Waals surface area contributed by atoms with Gasteiger partial charge in [0.15, 0.2) is 0 Å². The molecule has 0 spiro atoms. The lowest BCUT2D eigenvalue weighted by Crippen LogP contribution is -2.27. The molecule has 0 N–H and O–H groups in total. The molecule has 1 saturated heterocycles. The van der Waals surface area contributed by atoms with Crippen molar-refractivity contribution in [3.8, 4) is 0 Å². The van der Waals surface area contributed by atoms with Crippen LogP contribution < -0.4 is 0 Å². The predicted molar refractivity (Wildman–Crippen MR) is 55.4 cm³/mol. The van der Waals surface area contributed by atoms with Gasteiger partial charge in [0.1, 0.15) is 0 Å². The van der Waals surface area contributed by atoms with Crippen LogP contribution in [0.1, 0.15) is 17.0 Å². The summed E-state index contributed by atoms with van der Waals surface area (Å²) in [6.07, 6.45) is 0.0531. The summed E-state index contributed by atoms with van der Waals surface area (Å²) in [5.74, 6) is 0.118. The van der Waals surface area contributed by atoms with E-state index in [1.165, 1.54) is 0 Å². The van der Waals surface area contributed by atoms with Crippen molar-refractivity contribution in [2.75, 3.05) is 13.6 Å². The van der Waals surface area contributed by atoms with Crippen LogP contribution in [0.25, 0.3) is 0 Å². The van der Waals surface area contributed by atoms with E-state index in [1.807, 2.05) is 31.3 Å². The van der Waals surface area contributed by atoms with Crippen molar-refractivity contribution in [2.45, 2.75) is 18.6 Å². The van der Waals surface area contributed by atoms with E-state index in [9.17, 15) is 4.79 Å². The predicted octanol–water partition coefficient (Wildman–Crippen LogP) is 1.14. The Kier molecular flexibility index (Phi) is 1.83. The monoisotopic (exact) mass is 203 g/mol. The highest BCUT2D eigenvalue weighted by atomic mass is 16.5. The Morgan fingerprint density at radius 1 is 1.40 bits per heavy atom. The number of likely N-dealkylation sites (N-methyl/N-ethyl adjacent to an activating group) is 1. The number of carbonyl (C=O) groups excluding carboxylic acids is 1. The van der Waals surface area contributed by atoms with E-state index in [0.717, 1.165) is 17.7 Å². The second-order valence-corrected chi connectivity index (χ2v) is 4.24. The molecule has 2 unspecified atom stereocenters. The Labute approximate surface area is 88.6 Å². The molecule has 2 aliphatic heterocycles. The van der Waals surface area contributed by atoms with E-state index < -0.39 is 0 Å². The van der Waals surface area contributed by atoms with Crippen LogP contribution in [0, 0.1) is 0 Å². The summed E-state index contributed by atoms with van der Waals surface area (Å²) >= 11 is 0. The molecule has 3 heteroatoms. The fourth-order valence-electron chi connectivity index (χ4n) is 2.51. The molecule has 2 heterocycles. The zero-order valence-electron chi connectivity index (χ0n) is 8.64. The number of hydrogen-bond donors (Lipinski definition) is 0. The molecular weight excluding hydrogens is 190 g/mol. The SMILES string of the molecule is CN1CC2OCc3ccccc3C2C1=O. The summed E-state index contributed by atoms with van der Waals surface area (Å²) in [5, 5.41) is 0. The minimum Gasteiger partial charge on any atom is -0.371 e. The minimum absolute atomic E-state index is 0.0531. The Bertz CT molecular complexity index is 416. The molecule has 0 bridgehead atoms. The summed E-state index contributed by atoms with van der Waals surface area (Å²) < 4.78 is 5.71. The number of rotatable bonds is 0. The first-order valence-corrected chi connectivity index (χ1v) is 5.22. The maximum atomic E-state index is 11.9. The van der Waals surface area contributed by atoms with E-state index in [4.69, 9.17) is 4.74 Å². The van der Waals surface area contributed by atoms with Gasteiger partial charge in [0.25, 0.3) is 0 Å². The van der Waals surface area contributed by atoms with E-state index in [1.54, 1.807) is 4.90 Å². The van der Waals surface area contributed by atoms with E-state index >= 15 is 0 Å². The molecule has 2 atom stereocenters. The number of fused-ring (bicyclic) bond motifs is 3. The maximum absolute atomic E-state index is 11.9. The summed E-state index contributed by atoms with van der Waals surface area (Å²) in [6.45, 7) is 1.36. The Morgan fingerprint density at radius 2 is 2.20 bits per heavy atom. The van der Waals surface area contributed by atoms with Crippen molar-refractivity contribution >= 4 is 5.91 Å². The van der Waals surface area contributed by atoms with Gasteiger partial charge < -0.3 is 9.64 Å². The Hall–Kier alpha value is -1.35. The molecule has 3 rings (SSSR count). The third-order valence-electron chi connectivity index (χ3n) is 3.31. The molecule has 0 saturated carbocycles. The van der Waals surface area contributed by atoms with Gasteiger partial charge in [0.2, 0.25) is 5.91 Å². The van der Waals surface area contributed by atoms with Crippen molar-refractivity contribution in [1.82, 2.24) is 4.90 Å². The van der Waals surface area contributed by atoms with Crippen LogP contribution in [-0.4, -0.2) is 30.5 Å². The first-order valence-electron chi connectivity index (χ1n) is 5.22. The number of amides is 1. The average Bonchev–Trinajstić information content (AvgIpc) is 2.55. The lowest BCUT2D eigenvalue weighted by Gasteiger charge is -2.26. The molecule has 2 aliphatic rings. The van der Waals surface area contributed by atoms with Crippen LogP contribution in [0.2, 0.25) is 0 Å². The molecular formula is C12H13NO2. The van der Waals surface area contributed by atoms with Crippen LogP contribution in [0.3, 0.4) is 0 Å². The molecule has 0 radical (unpaired) electrons. The van der Waals surface area contributed by atoms with Gasteiger partial charge >= 0.3 is 0 Å². The number of nitrogens with zero attached hydrogens (tertiary/aromatic N) is 1. The second kappa shape index (κ2) is 3.07. The molecule has 1 aromatic rings. The van der Waals surface area contributed by atoms with Crippen LogP contribution in [0.4, 0.5) is 0 Å². The van der Waals surface area contributed by atoms with Crippen molar-refractivity contribution < 1.29 is 9.53 Å². The Balaban J connectivity index is 2.08. The van der Waals surface area contributed by atoms with Crippen LogP contribution in [-0.2, 0) is 16.1 Å². The van der Waals surface area contributed by atoms with E-state index in [0.29, 0.717) is 6.61 Å². The van der Waals surface area contributed by atoms with Crippen LogP contribution in [0.5, 0.6) is 0 Å². The number of hydrogen-bond acceptors (Lipinski definition) is 2. The summed E-state index contributed by atoms with van der Waals surface area (Å²) in [6, 6.07) is 8.07. The zero-order valence-corrected chi connectivity index (χ0v) is 8.64. The Morgan fingerprint density at radius 3 is 3.07 bits per heavy atom. The minimum atomic E-state index is -0.0695. The highest BCUT2D eigenvalue weighted by Gasteiger charge is 2.43. The van der Waals surface area contributed by atoms with Gasteiger partial charge in [-0.25, -0.2) is 0 Å². The lowest BCUT2D eigenvalue weighted by atomic mass is 9.89. The normalized spacial score (nSPS) is 28.9. The summed E-state index contributed by atoms with van der Waals surface area (Å²) in [7, 11) is 1.84. The van der Waals surface area contributed by atoms with Crippen LogP contribution in [0.15, 0.2) is 24.3 Å². The van der Waals surface area contributed by atoms with E-state index in [2.05, 4.69) is 0 Å². The standard InChI is InChI=1S/C12H13NO2/c1-13-6-10-11(12(13)14)9-5-3-2-4-8(9)7-15-10/h2-5,10-11H,6-7H2,1H3. The van der Waals surface area contributed by atoms with Gasteiger partial charge in [0.05, 0.1) is 18.6 Å². The molecule has 78 valence electrons. The second-order valence-electron chi connectivity index (χ2n) is 4.24. The largest absolute Gasteiger partial charge is 0.371 e. The number of likely N-dealkylation sites (tertiary alicyclic amines) is 1. The maximum Gasteiger partial charge on any atom is 0.232 e. The fraction of sp³-hybridized carbons (Fsp3) is 0.417. The van der Waals surface area contributed by atoms with Gasteiger partial charge in [-0.3, -0.25) is 4.79 Å². The van der Waals surface area contributed by atoms with Crippen LogP contribution >= 0.6 is 0 Å². The molecule has 0 aliphatic carbocycles. The van der Waals surface area contributed by atoms with Gasteiger partial charge in [-0.05, 0) is 11.1 Å². The van der Waals surface area contributed by atoms with Crippen molar-refractivity contribution in [3.05, 3.63) is 35.4 Å². The molecule has 1 aromatic carbocycles. The topological polar surface area (TPSA) is 29.5 Å². The average molecular weight is 203 g/mol. The number of ether oxygens (including phenoxy) is 1. The highest BCUT2D eigenvalue weighted by Crippen LogP contribution is 2.36. The third-order valence-corrected chi connectivity index (χ3v) is 3.31. The first kappa shape index (κ1) is 8.92. The number of benzene rings is 1. The summed E-state index contributed by atoms with van der Waals surface area (Å²) in [4.78, 5) is 13.7. The van der Waals surface area contributed by atoms with Crippen molar-refractivity contribution in [3.63, 3.8) is 0 Å². The van der Waals surface area contributed by atoms with Gasteiger partial charge in [-0.1, -0.05) is 24.3 Å². The molecule has 1 amide bonds. The number of carbonyl (C=O) groups is 1. The highest BCUT2D eigenvalue weighted by molar-refractivity contribution is 5.87. The molecule has 15 heavy (non-hydrogen) atoms. The fourth-order valence-corrected chi connectivity index (χ4v) is 2.51. The third kappa shape index (κ3) is 1.20. The smallest absolute Gasteiger partial charge is 0.232 e. The van der Waals surface area contributed by atoms with Gasteiger partial charge in [0, 0.05) is 13.6 Å². The van der Waals surface area contributed by atoms with E-state index in [-0.39, 0.29) is 17.9 Å². The van der Waals surface area contributed by atoms with Crippen molar-refractivity contribution in [1.29, 1.82) is 0 Å². The summed E-state index contributed by atoms with van der Waals surface area (Å²) in [5.41, 5.74) is 2.31. The quantitative estimate of drug-likeness (QED) is 0.633. The molecule has 0 aromatic heterocycles. The first-order chi connectivity index (χ1) is 7.27.